The average molecular weight is 379 g/mol. The molecule has 0 saturated carbocycles. The Hall–Kier alpha value is -2.58. The van der Waals surface area contributed by atoms with Crippen molar-refractivity contribution in [3.63, 3.8) is 0 Å². The van der Waals surface area contributed by atoms with Crippen molar-refractivity contribution in [1.29, 1.82) is 0 Å². The molecular formula is C18H18FNO5S. The highest BCUT2D eigenvalue weighted by Gasteiger charge is 2.17. The number of carbonyl (C=O) groups is 2. The Morgan fingerprint density at radius 3 is 2.38 bits per heavy atom. The van der Waals surface area contributed by atoms with Gasteiger partial charge in [0.25, 0.3) is 0 Å². The SMILES string of the molecule is Cc1ccc(C)c(C(=O)COC(=O)CNS(=O)(=O)c2ccc(F)cc2)c1. The largest absolute Gasteiger partial charge is 0.456 e. The molecule has 1 N–H and O–H groups in total. The number of aryl methyl sites for hydroxylation is 2. The zero-order valence-electron chi connectivity index (χ0n) is 14.3. The number of esters is 1. The van der Waals surface area contributed by atoms with Crippen LogP contribution < -0.4 is 4.72 Å². The topological polar surface area (TPSA) is 89.5 Å². The van der Waals surface area contributed by atoms with Gasteiger partial charge in [0.2, 0.25) is 15.8 Å². The fraction of sp³-hybridized carbons (Fsp3) is 0.222. The van der Waals surface area contributed by atoms with E-state index in [-0.39, 0.29) is 10.7 Å². The predicted octanol–water partition coefficient (Wildman–Crippen LogP) is 2.15. The molecule has 0 aliphatic rings. The molecule has 2 aromatic carbocycles. The van der Waals surface area contributed by atoms with Crippen molar-refractivity contribution in [2.75, 3.05) is 13.2 Å². The first-order valence-corrected chi connectivity index (χ1v) is 9.18. The molecule has 0 aliphatic carbocycles. The van der Waals surface area contributed by atoms with Crippen LogP contribution in [0.5, 0.6) is 0 Å². The van der Waals surface area contributed by atoms with Crippen molar-refractivity contribution >= 4 is 21.8 Å². The Labute approximate surface area is 151 Å². The van der Waals surface area contributed by atoms with E-state index in [1.54, 1.807) is 19.1 Å². The van der Waals surface area contributed by atoms with Crippen molar-refractivity contribution in [2.45, 2.75) is 18.7 Å². The second kappa shape index (κ2) is 8.20. The fourth-order valence-electron chi connectivity index (χ4n) is 2.16. The van der Waals surface area contributed by atoms with Gasteiger partial charge in [-0.2, -0.15) is 4.72 Å². The summed E-state index contributed by atoms with van der Waals surface area (Å²) in [5.74, 6) is -1.84. The first-order valence-electron chi connectivity index (χ1n) is 7.70. The summed E-state index contributed by atoms with van der Waals surface area (Å²) in [4.78, 5) is 23.6. The van der Waals surface area contributed by atoms with Crippen LogP contribution >= 0.6 is 0 Å². The lowest BCUT2D eigenvalue weighted by Crippen LogP contribution is -2.31. The lowest BCUT2D eigenvalue weighted by molar-refractivity contribution is -0.141. The van der Waals surface area contributed by atoms with Gasteiger partial charge in [0, 0.05) is 5.56 Å². The van der Waals surface area contributed by atoms with Gasteiger partial charge < -0.3 is 4.74 Å². The molecule has 8 heteroatoms. The van der Waals surface area contributed by atoms with E-state index in [1.807, 2.05) is 17.7 Å². The Bertz CT molecular complexity index is 923. The highest BCUT2D eigenvalue weighted by atomic mass is 32.2. The normalized spacial score (nSPS) is 11.2. The molecule has 2 aromatic rings. The Morgan fingerprint density at radius 1 is 1.08 bits per heavy atom. The molecule has 0 unspecified atom stereocenters. The minimum Gasteiger partial charge on any atom is -0.456 e. The summed E-state index contributed by atoms with van der Waals surface area (Å²) in [7, 11) is -3.98. The minimum absolute atomic E-state index is 0.182. The average Bonchev–Trinajstić information content (AvgIpc) is 2.60. The molecule has 0 fully saturated rings. The van der Waals surface area contributed by atoms with Crippen LogP contribution in [0.1, 0.15) is 21.5 Å². The third kappa shape index (κ3) is 5.21. The summed E-state index contributed by atoms with van der Waals surface area (Å²) in [6, 6.07) is 9.50. The monoisotopic (exact) mass is 379 g/mol. The van der Waals surface area contributed by atoms with Crippen LogP contribution in [0.25, 0.3) is 0 Å². The molecule has 2 rings (SSSR count). The van der Waals surface area contributed by atoms with Crippen LogP contribution in [0, 0.1) is 19.7 Å². The molecule has 0 spiro atoms. The molecule has 26 heavy (non-hydrogen) atoms. The third-order valence-electron chi connectivity index (χ3n) is 3.59. The van der Waals surface area contributed by atoms with Crippen molar-refractivity contribution in [2.24, 2.45) is 0 Å². The second-order valence-corrected chi connectivity index (χ2v) is 7.45. The van der Waals surface area contributed by atoms with Crippen LogP contribution in [-0.2, 0) is 19.6 Å². The molecule has 0 aromatic heterocycles. The Kier molecular flexibility index (Phi) is 6.23. The van der Waals surface area contributed by atoms with Crippen LogP contribution in [0.15, 0.2) is 47.4 Å². The van der Waals surface area contributed by atoms with E-state index >= 15 is 0 Å². The highest BCUT2D eigenvalue weighted by molar-refractivity contribution is 7.89. The summed E-state index contributed by atoms with van der Waals surface area (Å²) in [5, 5.41) is 0. The molecule has 0 heterocycles. The number of nitrogens with one attached hydrogen (secondary N) is 1. The number of carbonyl (C=O) groups excluding carboxylic acids is 2. The minimum atomic E-state index is -3.98. The van der Waals surface area contributed by atoms with Crippen molar-refractivity contribution in [3.8, 4) is 0 Å². The fourth-order valence-corrected chi connectivity index (χ4v) is 3.13. The Balaban J connectivity index is 1.90. The summed E-state index contributed by atoms with van der Waals surface area (Å²) in [6.45, 7) is 2.49. The van der Waals surface area contributed by atoms with Gasteiger partial charge in [-0.15, -0.1) is 0 Å². The summed E-state index contributed by atoms with van der Waals surface area (Å²) < 4.78 is 43.7. The third-order valence-corrected chi connectivity index (χ3v) is 5.01. The van der Waals surface area contributed by atoms with Crippen LogP contribution in [0.3, 0.4) is 0 Å². The van der Waals surface area contributed by atoms with E-state index in [0.29, 0.717) is 5.56 Å². The van der Waals surface area contributed by atoms with Crippen molar-refractivity contribution < 1.29 is 27.1 Å². The number of rotatable bonds is 7. The van der Waals surface area contributed by atoms with Gasteiger partial charge in [0.1, 0.15) is 12.4 Å². The van der Waals surface area contributed by atoms with E-state index in [2.05, 4.69) is 0 Å². The molecule has 0 aliphatic heterocycles. The van der Waals surface area contributed by atoms with Gasteiger partial charge in [0.15, 0.2) is 6.61 Å². The number of ether oxygens (including phenoxy) is 1. The van der Waals surface area contributed by atoms with Crippen LogP contribution in [0.4, 0.5) is 4.39 Å². The van der Waals surface area contributed by atoms with Gasteiger partial charge in [0.05, 0.1) is 4.90 Å². The number of hydrogen-bond donors (Lipinski definition) is 1. The first-order chi connectivity index (χ1) is 12.2. The van der Waals surface area contributed by atoms with Gasteiger partial charge in [-0.1, -0.05) is 17.7 Å². The van der Waals surface area contributed by atoms with Crippen LogP contribution in [0.2, 0.25) is 0 Å². The standard InChI is InChI=1S/C18H18FNO5S/c1-12-3-4-13(2)16(9-12)17(21)11-25-18(22)10-20-26(23,24)15-7-5-14(19)6-8-15/h3-9,20H,10-11H2,1-2H3. The van der Waals surface area contributed by atoms with Gasteiger partial charge in [-0.05, 0) is 49.7 Å². The first kappa shape index (κ1) is 19.7. The number of Topliss-reactive ketones (excluding diaryl/α,β-unsaturated/α-hetero) is 1. The molecule has 0 amide bonds. The summed E-state index contributed by atoms with van der Waals surface area (Å²) in [6.07, 6.45) is 0. The number of halogens is 1. The lowest BCUT2D eigenvalue weighted by atomic mass is 10.0. The zero-order chi connectivity index (χ0) is 19.3. The molecular weight excluding hydrogens is 361 g/mol. The van der Waals surface area contributed by atoms with E-state index in [0.717, 1.165) is 35.4 Å². The lowest BCUT2D eigenvalue weighted by Gasteiger charge is -2.09. The van der Waals surface area contributed by atoms with E-state index in [1.165, 1.54) is 0 Å². The summed E-state index contributed by atoms with van der Waals surface area (Å²) in [5.41, 5.74) is 2.11. The van der Waals surface area contributed by atoms with Gasteiger partial charge in [-0.3, -0.25) is 9.59 Å². The molecule has 138 valence electrons. The molecule has 0 saturated heterocycles. The Morgan fingerprint density at radius 2 is 1.73 bits per heavy atom. The number of hydrogen-bond acceptors (Lipinski definition) is 5. The van der Waals surface area contributed by atoms with Gasteiger partial charge >= 0.3 is 5.97 Å². The quantitative estimate of drug-likeness (QED) is 0.588. The van der Waals surface area contributed by atoms with Crippen molar-refractivity contribution in [3.05, 3.63) is 65.0 Å². The zero-order valence-corrected chi connectivity index (χ0v) is 15.1. The maximum absolute atomic E-state index is 12.8. The number of sulfonamides is 1. The molecule has 6 nitrogen and oxygen atoms in total. The van der Waals surface area contributed by atoms with E-state index in [9.17, 15) is 22.4 Å². The predicted molar refractivity (Wildman–Crippen MR) is 92.8 cm³/mol. The molecule has 0 radical (unpaired) electrons. The van der Waals surface area contributed by atoms with Crippen molar-refractivity contribution in [1.82, 2.24) is 4.72 Å². The molecule has 0 atom stereocenters. The van der Waals surface area contributed by atoms with Crippen LogP contribution in [-0.4, -0.2) is 33.3 Å². The van der Waals surface area contributed by atoms with E-state index < -0.39 is 35.0 Å². The molecule has 0 bridgehead atoms. The highest BCUT2D eigenvalue weighted by Crippen LogP contribution is 2.12. The maximum atomic E-state index is 12.8. The maximum Gasteiger partial charge on any atom is 0.321 e. The number of ketones is 1. The second-order valence-electron chi connectivity index (χ2n) is 5.68. The van der Waals surface area contributed by atoms with Gasteiger partial charge in [-0.25, -0.2) is 12.8 Å². The smallest absolute Gasteiger partial charge is 0.321 e. The summed E-state index contributed by atoms with van der Waals surface area (Å²) >= 11 is 0. The number of benzene rings is 2. The van der Waals surface area contributed by atoms with E-state index in [4.69, 9.17) is 4.74 Å².